The molecule has 0 amide bonds. The first-order chi connectivity index (χ1) is 8.07. The van der Waals surface area contributed by atoms with Crippen LogP contribution in [0.4, 0.5) is 0 Å². The molecule has 0 aliphatic rings. The second kappa shape index (κ2) is 6.64. The summed E-state index contributed by atoms with van der Waals surface area (Å²) in [6.07, 6.45) is 1.52. The average molecular weight is 256 g/mol. The second-order valence-corrected chi connectivity index (χ2v) is 6.41. The van der Waals surface area contributed by atoms with Crippen molar-refractivity contribution in [3.63, 3.8) is 0 Å². The highest BCUT2D eigenvalue weighted by atomic mass is 32.2. The summed E-state index contributed by atoms with van der Waals surface area (Å²) in [7, 11) is -2.87. The van der Waals surface area contributed by atoms with Gasteiger partial charge in [-0.25, -0.2) is 8.42 Å². The van der Waals surface area contributed by atoms with Crippen molar-refractivity contribution in [2.75, 3.05) is 18.1 Å². The van der Waals surface area contributed by atoms with Crippen LogP contribution in [0, 0.1) is 0 Å². The van der Waals surface area contributed by atoms with E-state index in [1.165, 1.54) is 5.56 Å². The molecule has 4 heteroatoms. The number of aryl methyl sites for hydroxylation is 1. The Labute approximate surface area is 104 Å². The predicted octanol–water partition coefficient (Wildman–Crippen LogP) is 2.45. The monoisotopic (exact) mass is 256 g/mol. The first-order valence-electron chi connectivity index (χ1n) is 5.99. The molecular weight excluding hydrogens is 236 g/mol. The number of hydrogen-bond donors (Lipinski definition) is 0. The minimum absolute atomic E-state index is 0.205. The van der Waals surface area contributed by atoms with Crippen LogP contribution < -0.4 is 4.74 Å². The summed E-state index contributed by atoms with van der Waals surface area (Å²) < 4.78 is 28.0. The van der Waals surface area contributed by atoms with E-state index in [9.17, 15) is 8.42 Å². The molecule has 17 heavy (non-hydrogen) atoms. The molecule has 0 atom stereocenters. The fraction of sp³-hybridized carbons (Fsp3) is 0.538. The van der Waals surface area contributed by atoms with Crippen LogP contribution in [0.15, 0.2) is 24.3 Å². The quantitative estimate of drug-likeness (QED) is 0.704. The van der Waals surface area contributed by atoms with Crippen molar-refractivity contribution >= 4 is 9.84 Å². The molecular formula is C13H20O3S. The lowest BCUT2D eigenvalue weighted by Gasteiger charge is -2.07. The zero-order valence-electron chi connectivity index (χ0n) is 10.5. The number of ether oxygens (including phenoxy) is 1. The standard InChI is InChI=1S/C13H20O3S/c1-3-12-7-5-8-13(11-12)16-9-6-10-17(14,15)4-2/h5,7-8,11H,3-4,6,9-10H2,1-2H3. The van der Waals surface area contributed by atoms with E-state index in [4.69, 9.17) is 4.74 Å². The van der Waals surface area contributed by atoms with Crippen molar-refractivity contribution in [1.29, 1.82) is 0 Å². The highest BCUT2D eigenvalue weighted by Crippen LogP contribution is 2.13. The average Bonchev–Trinajstić information content (AvgIpc) is 2.35. The number of hydrogen-bond acceptors (Lipinski definition) is 3. The summed E-state index contributed by atoms with van der Waals surface area (Å²) in [5.74, 6) is 1.23. The highest BCUT2D eigenvalue weighted by Gasteiger charge is 2.06. The molecule has 0 fully saturated rings. The van der Waals surface area contributed by atoms with Gasteiger partial charge in [-0.1, -0.05) is 26.0 Å². The number of rotatable bonds is 7. The predicted molar refractivity (Wildman–Crippen MR) is 70.3 cm³/mol. The summed E-state index contributed by atoms with van der Waals surface area (Å²) >= 11 is 0. The Morgan fingerprint density at radius 1 is 1.24 bits per heavy atom. The van der Waals surface area contributed by atoms with Crippen molar-refractivity contribution in [1.82, 2.24) is 0 Å². The largest absolute Gasteiger partial charge is 0.494 e. The lowest BCUT2D eigenvalue weighted by Crippen LogP contribution is -2.11. The number of sulfone groups is 1. The summed E-state index contributed by atoms with van der Waals surface area (Å²) in [6.45, 7) is 4.21. The third-order valence-electron chi connectivity index (χ3n) is 2.61. The van der Waals surface area contributed by atoms with Gasteiger partial charge >= 0.3 is 0 Å². The maximum Gasteiger partial charge on any atom is 0.150 e. The van der Waals surface area contributed by atoms with E-state index in [2.05, 4.69) is 13.0 Å². The van der Waals surface area contributed by atoms with Crippen molar-refractivity contribution in [2.24, 2.45) is 0 Å². The van der Waals surface area contributed by atoms with E-state index < -0.39 is 9.84 Å². The van der Waals surface area contributed by atoms with E-state index in [-0.39, 0.29) is 11.5 Å². The lowest BCUT2D eigenvalue weighted by atomic mass is 10.2. The molecule has 0 unspecified atom stereocenters. The van der Waals surface area contributed by atoms with Crippen LogP contribution in [-0.2, 0) is 16.3 Å². The Morgan fingerprint density at radius 3 is 2.65 bits per heavy atom. The first kappa shape index (κ1) is 14.0. The molecule has 0 spiro atoms. The van der Waals surface area contributed by atoms with Crippen LogP contribution >= 0.6 is 0 Å². The normalized spacial score (nSPS) is 11.4. The molecule has 0 saturated heterocycles. The molecule has 1 aromatic carbocycles. The van der Waals surface area contributed by atoms with Crippen LogP contribution in [0.3, 0.4) is 0 Å². The smallest absolute Gasteiger partial charge is 0.150 e. The molecule has 0 saturated carbocycles. The Morgan fingerprint density at radius 2 is 2.00 bits per heavy atom. The van der Waals surface area contributed by atoms with Crippen molar-refractivity contribution in [3.05, 3.63) is 29.8 Å². The second-order valence-electron chi connectivity index (χ2n) is 3.94. The maximum atomic E-state index is 11.3. The zero-order chi connectivity index (χ0) is 12.7. The van der Waals surface area contributed by atoms with Gasteiger partial charge in [0, 0.05) is 5.75 Å². The van der Waals surface area contributed by atoms with E-state index in [1.807, 2.05) is 18.2 Å². The van der Waals surface area contributed by atoms with Gasteiger partial charge < -0.3 is 4.74 Å². The van der Waals surface area contributed by atoms with Gasteiger partial charge in [-0.2, -0.15) is 0 Å². The molecule has 1 aromatic rings. The van der Waals surface area contributed by atoms with Gasteiger partial charge in [0.05, 0.1) is 12.4 Å². The van der Waals surface area contributed by atoms with Crippen LogP contribution in [0.1, 0.15) is 25.8 Å². The minimum Gasteiger partial charge on any atom is -0.494 e. The van der Waals surface area contributed by atoms with E-state index in [1.54, 1.807) is 6.92 Å². The highest BCUT2D eigenvalue weighted by molar-refractivity contribution is 7.91. The fourth-order valence-electron chi connectivity index (χ4n) is 1.47. The maximum absolute atomic E-state index is 11.3. The summed E-state index contributed by atoms with van der Waals surface area (Å²) in [4.78, 5) is 0. The van der Waals surface area contributed by atoms with Gasteiger partial charge in [-0.3, -0.25) is 0 Å². The Kier molecular flexibility index (Phi) is 5.48. The van der Waals surface area contributed by atoms with Crippen LogP contribution in [0.2, 0.25) is 0 Å². The Hall–Kier alpha value is -1.03. The third-order valence-corrected chi connectivity index (χ3v) is 4.41. The van der Waals surface area contributed by atoms with Gasteiger partial charge in [0.25, 0.3) is 0 Å². The topological polar surface area (TPSA) is 43.4 Å². The molecule has 0 aliphatic heterocycles. The molecule has 3 nitrogen and oxygen atoms in total. The molecule has 0 bridgehead atoms. The van der Waals surface area contributed by atoms with Gasteiger partial charge in [-0.15, -0.1) is 0 Å². The molecule has 0 aliphatic carbocycles. The zero-order valence-corrected chi connectivity index (χ0v) is 11.3. The molecule has 0 aromatic heterocycles. The van der Waals surface area contributed by atoms with Crippen molar-refractivity contribution in [3.8, 4) is 5.75 Å². The molecule has 0 heterocycles. The summed E-state index contributed by atoms with van der Waals surface area (Å²) in [5.41, 5.74) is 1.23. The van der Waals surface area contributed by atoms with Gasteiger partial charge in [0.15, 0.2) is 0 Å². The third kappa shape index (κ3) is 5.22. The molecule has 0 N–H and O–H groups in total. The van der Waals surface area contributed by atoms with Crippen LogP contribution in [-0.4, -0.2) is 26.5 Å². The molecule has 0 radical (unpaired) electrons. The fourth-order valence-corrected chi connectivity index (χ4v) is 2.31. The van der Waals surface area contributed by atoms with E-state index in [0.717, 1.165) is 12.2 Å². The van der Waals surface area contributed by atoms with Crippen LogP contribution in [0.25, 0.3) is 0 Å². The molecule has 96 valence electrons. The van der Waals surface area contributed by atoms with Crippen LogP contribution in [0.5, 0.6) is 5.75 Å². The lowest BCUT2D eigenvalue weighted by molar-refractivity contribution is 0.317. The Bertz CT molecular complexity index is 438. The first-order valence-corrected chi connectivity index (χ1v) is 7.81. The minimum atomic E-state index is -2.87. The van der Waals surface area contributed by atoms with Gasteiger partial charge in [-0.05, 0) is 30.5 Å². The van der Waals surface area contributed by atoms with E-state index >= 15 is 0 Å². The Balaban J connectivity index is 2.36. The van der Waals surface area contributed by atoms with E-state index in [0.29, 0.717) is 13.0 Å². The summed E-state index contributed by atoms with van der Waals surface area (Å²) in [6, 6.07) is 7.90. The summed E-state index contributed by atoms with van der Waals surface area (Å²) in [5, 5.41) is 0. The van der Waals surface area contributed by atoms with Crippen molar-refractivity contribution in [2.45, 2.75) is 26.7 Å². The SMILES string of the molecule is CCc1cccc(OCCCS(=O)(=O)CC)c1. The van der Waals surface area contributed by atoms with Gasteiger partial charge in [0.2, 0.25) is 0 Å². The number of benzene rings is 1. The van der Waals surface area contributed by atoms with Gasteiger partial charge in [0.1, 0.15) is 15.6 Å². The van der Waals surface area contributed by atoms with Crippen molar-refractivity contribution < 1.29 is 13.2 Å². The molecule has 1 rings (SSSR count).